The molecule has 0 atom stereocenters. The molecule has 2 heterocycles. The number of nitrogens with one attached hydrogen (secondary N) is 1. The maximum absolute atomic E-state index is 13.4. The zero-order chi connectivity index (χ0) is 16.6. The number of sulfonamides is 1. The molecule has 5 nitrogen and oxygen atoms in total. The number of halogens is 1. The Kier molecular flexibility index (Phi) is 5.72. The van der Waals surface area contributed by atoms with Gasteiger partial charge in [0.1, 0.15) is 16.7 Å². The summed E-state index contributed by atoms with van der Waals surface area (Å²) in [6.07, 6.45) is 0. The first-order chi connectivity index (χ1) is 10.9. The summed E-state index contributed by atoms with van der Waals surface area (Å²) in [6, 6.07) is 6.38. The summed E-state index contributed by atoms with van der Waals surface area (Å²) < 4.78 is 41.4. The molecule has 1 N–H and O–H groups in total. The highest BCUT2D eigenvalue weighted by Crippen LogP contribution is 2.35. The molecule has 3 rings (SSSR count). The van der Waals surface area contributed by atoms with Crippen molar-refractivity contribution in [1.82, 2.24) is 14.3 Å². The monoisotopic (exact) mass is 371 g/mol. The Morgan fingerprint density at radius 1 is 1.38 bits per heavy atom. The van der Waals surface area contributed by atoms with Gasteiger partial charge < -0.3 is 4.57 Å². The molecule has 1 aliphatic rings. The van der Waals surface area contributed by atoms with Gasteiger partial charge in [0.05, 0.1) is 18.0 Å². The van der Waals surface area contributed by atoms with Crippen molar-refractivity contribution in [1.29, 1.82) is 0 Å². The Morgan fingerprint density at radius 2 is 2.12 bits per heavy atom. The quantitative estimate of drug-likeness (QED) is 0.898. The SMILES string of the molecule is C.CC(C)c1nc2n(c1Sc1cccc(F)c1)CCS(=O)(=O)NC2. The first kappa shape index (κ1) is 19.0. The van der Waals surface area contributed by atoms with Crippen molar-refractivity contribution in [2.45, 2.75) is 50.2 Å². The van der Waals surface area contributed by atoms with Gasteiger partial charge in [0.25, 0.3) is 0 Å². The van der Waals surface area contributed by atoms with Gasteiger partial charge in [-0.15, -0.1) is 0 Å². The van der Waals surface area contributed by atoms with E-state index in [0.717, 1.165) is 15.6 Å². The zero-order valence-electron chi connectivity index (χ0n) is 12.9. The lowest BCUT2D eigenvalue weighted by atomic mass is 10.1. The summed E-state index contributed by atoms with van der Waals surface area (Å²) in [4.78, 5) is 5.39. The fourth-order valence-corrected chi connectivity index (χ4v) is 4.60. The van der Waals surface area contributed by atoms with Crippen LogP contribution in [-0.4, -0.2) is 23.7 Å². The minimum absolute atomic E-state index is 0. The molecule has 132 valence electrons. The molecule has 1 aliphatic heterocycles. The second-order valence-electron chi connectivity index (χ2n) is 5.72. The van der Waals surface area contributed by atoms with Gasteiger partial charge in [-0.3, -0.25) is 0 Å². The fraction of sp³-hybridized carbons (Fsp3) is 0.438. The molecule has 2 aromatic rings. The van der Waals surface area contributed by atoms with Gasteiger partial charge in [0.15, 0.2) is 0 Å². The van der Waals surface area contributed by atoms with Crippen LogP contribution >= 0.6 is 11.8 Å². The molecule has 0 bridgehead atoms. The van der Waals surface area contributed by atoms with E-state index in [9.17, 15) is 12.8 Å². The molecule has 0 saturated carbocycles. The Hall–Kier alpha value is -1.38. The summed E-state index contributed by atoms with van der Waals surface area (Å²) in [5.41, 5.74) is 0.912. The average Bonchev–Trinajstić information content (AvgIpc) is 2.73. The van der Waals surface area contributed by atoms with Crippen molar-refractivity contribution in [2.24, 2.45) is 0 Å². The third-order valence-electron chi connectivity index (χ3n) is 3.62. The molecule has 0 saturated heterocycles. The normalized spacial score (nSPS) is 16.3. The molecule has 8 heteroatoms. The number of fused-ring (bicyclic) bond motifs is 1. The Labute approximate surface area is 146 Å². The summed E-state index contributed by atoms with van der Waals surface area (Å²) in [5.74, 6) is 0.627. The number of hydrogen-bond donors (Lipinski definition) is 1. The van der Waals surface area contributed by atoms with Crippen LogP contribution in [-0.2, 0) is 23.1 Å². The third-order valence-corrected chi connectivity index (χ3v) is 6.03. The predicted molar refractivity (Wildman–Crippen MR) is 94.2 cm³/mol. The van der Waals surface area contributed by atoms with E-state index in [1.807, 2.05) is 24.5 Å². The van der Waals surface area contributed by atoms with Crippen LogP contribution in [0.5, 0.6) is 0 Å². The summed E-state index contributed by atoms with van der Waals surface area (Å²) in [6.45, 7) is 4.62. The lowest BCUT2D eigenvalue weighted by molar-refractivity contribution is 0.580. The van der Waals surface area contributed by atoms with Crippen molar-refractivity contribution < 1.29 is 12.8 Å². The molecule has 0 unspecified atom stereocenters. The van der Waals surface area contributed by atoms with Crippen molar-refractivity contribution in [2.75, 3.05) is 5.75 Å². The highest BCUT2D eigenvalue weighted by molar-refractivity contribution is 7.99. The van der Waals surface area contributed by atoms with Gasteiger partial charge in [-0.2, -0.15) is 0 Å². The van der Waals surface area contributed by atoms with Gasteiger partial charge in [-0.25, -0.2) is 22.5 Å². The van der Waals surface area contributed by atoms with E-state index in [1.165, 1.54) is 23.9 Å². The first-order valence-corrected chi connectivity index (χ1v) is 9.82. The van der Waals surface area contributed by atoms with Crippen LogP contribution in [0.25, 0.3) is 0 Å². The molecule has 1 aromatic heterocycles. The number of imidazole rings is 1. The largest absolute Gasteiger partial charge is 0.321 e. The lowest BCUT2D eigenvalue weighted by Gasteiger charge is -2.11. The summed E-state index contributed by atoms with van der Waals surface area (Å²) >= 11 is 1.43. The van der Waals surface area contributed by atoms with E-state index in [1.54, 1.807) is 6.07 Å². The molecule has 0 amide bonds. The van der Waals surface area contributed by atoms with E-state index >= 15 is 0 Å². The van der Waals surface area contributed by atoms with Crippen LogP contribution < -0.4 is 4.72 Å². The van der Waals surface area contributed by atoms with E-state index in [0.29, 0.717) is 12.4 Å². The maximum Gasteiger partial charge on any atom is 0.213 e. The van der Waals surface area contributed by atoms with E-state index in [-0.39, 0.29) is 31.5 Å². The summed E-state index contributed by atoms with van der Waals surface area (Å²) in [5, 5.41) is 0.888. The molecule has 0 spiro atoms. The number of hydrogen-bond acceptors (Lipinski definition) is 4. The molecule has 1 aromatic carbocycles. The minimum atomic E-state index is -3.27. The van der Waals surface area contributed by atoms with Gasteiger partial charge >= 0.3 is 0 Å². The maximum atomic E-state index is 13.4. The lowest BCUT2D eigenvalue weighted by Crippen LogP contribution is -2.24. The number of benzene rings is 1. The topological polar surface area (TPSA) is 64.0 Å². The third kappa shape index (κ3) is 3.99. The number of aromatic nitrogens is 2. The predicted octanol–water partition coefficient (Wildman–Crippen LogP) is 3.37. The Bertz CT molecular complexity index is 832. The average molecular weight is 372 g/mol. The van der Waals surface area contributed by atoms with Gasteiger partial charge in [0, 0.05) is 11.4 Å². The van der Waals surface area contributed by atoms with Crippen LogP contribution in [0.15, 0.2) is 34.2 Å². The van der Waals surface area contributed by atoms with Crippen LogP contribution in [0.3, 0.4) is 0 Å². The number of nitrogens with zero attached hydrogens (tertiary/aromatic N) is 2. The van der Waals surface area contributed by atoms with Crippen LogP contribution in [0.1, 0.15) is 38.7 Å². The highest BCUT2D eigenvalue weighted by Gasteiger charge is 2.25. The minimum Gasteiger partial charge on any atom is -0.321 e. The van der Waals surface area contributed by atoms with Gasteiger partial charge in [-0.1, -0.05) is 39.1 Å². The van der Waals surface area contributed by atoms with Crippen molar-refractivity contribution >= 4 is 21.8 Å². The first-order valence-electron chi connectivity index (χ1n) is 7.36. The van der Waals surface area contributed by atoms with Crippen LogP contribution in [0.4, 0.5) is 4.39 Å². The van der Waals surface area contributed by atoms with Crippen molar-refractivity contribution in [3.8, 4) is 0 Å². The number of rotatable bonds is 3. The van der Waals surface area contributed by atoms with E-state index in [2.05, 4.69) is 9.71 Å². The molecular weight excluding hydrogens is 349 g/mol. The van der Waals surface area contributed by atoms with Crippen LogP contribution in [0, 0.1) is 5.82 Å². The van der Waals surface area contributed by atoms with E-state index in [4.69, 9.17) is 0 Å². The zero-order valence-corrected chi connectivity index (χ0v) is 14.5. The molecular formula is C16H22FN3O2S2. The van der Waals surface area contributed by atoms with Gasteiger partial charge in [0.2, 0.25) is 10.0 Å². The van der Waals surface area contributed by atoms with Crippen LogP contribution in [0.2, 0.25) is 0 Å². The fourth-order valence-electron chi connectivity index (χ4n) is 2.45. The van der Waals surface area contributed by atoms with E-state index < -0.39 is 10.0 Å². The second-order valence-corrected chi connectivity index (χ2v) is 8.71. The molecule has 0 aliphatic carbocycles. The molecule has 0 radical (unpaired) electrons. The second kappa shape index (κ2) is 7.25. The molecule has 24 heavy (non-hydrogen) atoms. The molecule has 0 fully saturated rings. The Balaban J connectivity index is 0.00000208. The standard InChI is InChI=1S/C15H18FN3O2S2.CH4/c1-10(2)14-15(22-12-5-3-4-11(16)8-12)19-6-7-23(20,21)17-9-13(19)18-14;/h3-5,8,10,17H,6-7,9H2,1-2H3;1H4. The smallest absolute Gasteiger partial charge is 0.213 e. The van der Waals surface area contributed by atoms with Crippen molar-refractivity contribution in [3.63, 3.8) is 0 Å². The Morgan fingerprint density at radius 3 is 2.79 bits per heavy atom. The van der Waals surface area contributed by atoms with Crippen molar-refractivity contribution in [3.05, 3.63) is 41.6 Å². The summed E-state index contributed by atoms with van der Waals surface area (Å²) in [7, 11) is -3.27. The van der Waals surface area contributed by atoms with Gasteiger partial charge in [-0.05, 0) is 24.1 Å². The highest BCUT2D eigenvalue weighted by atomic mass is 32.2.